The fourth-order valence-electron chi connectivity index (χ4n) is 2.29. The quantitative estimate of drug-likeness (QED) is 0.845. The van der Waals surface area contributed by atoms with Gasteiger partial charge in [-0.3, -0.25) is 0 Å². The Labute approximate surface area is 131 Å². The van der Waals surface area contributed by atoms with E-state index in [9.17, 15) is 8.42 Å². The van der Waals surface area contributed by atoms with Crippen molar-refractivity contribution in [1.82, 2.24) is 19.1 Å². The summed E-state index contributed by atoms with van der Waals surface area (Å²) in [4.78, 5) is 0.303. The minimum atomic E-state index is -3.54. The zero-order chi connectivity index (χ0) is 16.5. The van der Waals surface area contributed by atoms with Gasteiger partial charge in [0.05, 0.1) is 11.4 Å². The van der Waals surface area contributed by atoms with Crippen LogP contribution in [0.3, 0.4) is 0 Å². The highest BCUT2D eigenvalue weighted by atomic mass is 32.2. The van der Waals surface area contributed by atoms with Crippen molar-refractivity contribution >= 4 is 10.0 Å². The van der Waals surface area contributed by atoms with Gasteiger partial charge in [0.2, 0.25) is 10.0 Å². The molecule has 0 spiro atoms. The Morgan fingerprint density at radius 2 is 1.82 bits per heavy atom. The fourth-order valence-corrected chi connectivity index (χ4v) is 3.50. The highest BCUT2D eigenvalue weighted by molar-refractivity contribution is 7.89. The van der Waals surface area contributed by atoms with E-state index >= 15 is 0 Å². The zero-order valence-corrected chi connectivity index (χ0v) is 14.5. The van der Waals surface area contributed by atoms with Crippen LogP contribution in [0.5, 0.6) is 0 Å². The van der Waals surface area contributed by atoms with Crippen LogP contribution in [0.1, 0.15) is 29.7 Å². The second kappa shape index (κ2) is 6.18. The van der Waals surface area contributed by atoms with Crippen molar-refractivity contribution in [1.29, 1.82) is 0 Å². The Morgan fingerprint density at radius 1 is 1.14 bits per heavy atom. The van der Waals surface area contributed by atoms with Crippen molar-refractivity contribution in [2.45, 2.75) is 45.7 Å². The molecule has 1 aromatic heterocycles. The molecule has 1 heterocycles. The van der Waals surface area contributed by atoms with Crippen LogP contribution in [0.4, 0.5) is 0 Å². The number of nitrogens with zero attached hydrogens (tertiary/aromatic N) is 4. The van der Waals surface area contributed by atoms with Crippen LogP contribution in [0.2, 0.25) is 0 Å². The molecular weight excluding hydrogens is 300 g/mol. The topological polar surface area (TPSA) is 68.1 Å². The van der Waals surface area contributed by atoms with Crippen molar-refractivity contribution in [2.75, 3.05) is 7.05 Å². The van der Waals surface area contributed by atoms with Gasteiger partial charge in [-0.25, -0.2) is 8.42 Å². The smallest absolute Gasteiger partial charge is 0.243 e. The number of hydrogen-bond donors (Lipinski definition) is 0. The third-order valence-corrected chi connectivity index (χ3v) is 5.68. The lowest BCUT2D eigenvalue weighted by atomic mass is 10.1. The lowest BCUT2D eigenvalue weighted by molar-refractivity contribution is 0.446. The van der Waals surface area contributed by atoms with Crippen LogP contribution in [0, 0.1) is 20.8 Å². The van der Waals surface area contributed by atoms with Gasteiger partial charge < -0.3 is 4.57 Å². The summed E-state index contributed by atoms with van der Waals surface area (Å²) in [6.45, 7) is 8.62. The van der Waals surface area contributed by atoms with E-state index in [1.807, 2.05) is 38.3 Å². The molecule has 6 nitrogen and oxygen atoms in total. The number of aryl methyl sites for hydroxylation is 3. The molecule has 2 aromatic rings. The van der Waals surface area contributed by atoms with Gasteiger partial charge in [0, 0.05) is 13.6 Å². The molecule has 0 aliphatic rings. The van der Waals surface area contributed by atoms with E-state index in [2.05, 4.69) is 10.2 Å². The maximum absolute atomic E-state index is 12.7. The minimum Gasteiger partial charge on any atom is -0.314 e. The molecule has 0 bridgehead atoms. The van der Waals surface area contributed by atoms with E-state index in [-0.39, 0.29) is 6.54 Å². The van der Waals surface area contributed by atoms with E-state index in [4.69, 9.17) is 0 Å². The van der Waals surface area contributed by atoms with Gasteiger partial charge in [-0.15, -0.1) is 10.2 Å². The van der Waals surface area contributed by atoms with Crippen LogP contribution in [0.15, 0.2) is 23.1 Å². The molecule has 0 atom stereocenters. The normalized spacial score (nSPS) is 12.1. The second-order valence-corrected chi connectivity index (χ2v) is 7.46. The van der Waals surface area contributed by atoms with Gasteiger partial charge in [0.15, 0.2) is 0 Å². The van der Waals surface area contributed by atoms with Gasteiger partial charge in [0.1, 0.15) is 11.6 Å². The Morgan fingerprint density at radius 3 is 2.41 bits per heavy atom. The monoisotopic (exact) mass is 322 g/mol. The Balaban J connectivity index is 2.30. The summed E-state index contributed by atoms with van der Waals surface area (Å²) < 4.78 is 28.6. The van der Waals surface area contributed by atoms with E-state index in [0.717, 1.165) is 17.0 Å². The molecule has 7 heteroatoms. The van der Waals surface area contributed by atoms with Crippen LogP contribution >= 0.6 is 0 Å². The Hall–Kier alpha value is -1.73. The van der Waals surface area contributed by atoms with Gasteiger partial charge in [0.25, 0.3) is 0 Å². The third kappa shape index (κ3) is 3.05. The molecule has 0 radical (unpaired) electrons. The molecule has 0 amide bonds. The van der Waals surface area contributed by atoms with Crippen molar-refractivity contribution in [3.63, 3.8) is 0 Å². The van der Waals surface area contributed by atoms with Crippen molar-refractivity contribution < 1.29 is 8.42 Å². The van der Waals surface area contributed by atoms with Crippen molar-refractivity contribution in [3.05, 3.63) is 41.0 Å². The average Bonchev–Trinajstić information content (AvgIpc) is 2.81. The molecule has 0 aliphatic heterocycles. The number of rotatable bonds is 5. The summed E-state index contributed by atoms with van der Waals surface area (Å²) in [6, 6.07) is 5.18. The molecule has 120 valence electrons. The number of benzene rings is 1. The zero-order valence-electron chi connectivity index (χ0n) is 13.7. The molecular formula is C15H22N4O2S. The molecule has 0 unspecified atom stereocenters. The standard InChI is InChI=1S/C15H22N4O2S/c1-6-19-13(4)16-17-15(19)10-18(5)22(20,21)14-8-7-11(2)12(3)9-14/h7-9H,6,10H2,1-5H3. The number of sulfonamides is 1. The summed E-state index contributed by atoms with van der Waals surface area (Å²) in [5.74, 6) is 1.43. The summed E-state index contributed by atoms with van der Waals surface area (Å²) in [5, 5.41) is 8.08. The minimum absolute atomic E-state index is 0.198. The molecule has 1 aromatic carbocycles. The first-order chi connectivity index (χ1) is 10.3. The fraction of sp³-hybridized carbons (Fsp3) is 0.467. The van der Waals surface area contributed by atoms with E-state index < -0.39 is 10.0 Å². The molecule has 0 saturated heterocycles. The lowest BCUT2D eigenvalue weighted by Crippen LogP contribution is -2.28. The first-order valence-electron chi connectivity index (χ1n) is 7.19. The van der Waals surface area contributed by atoms with Gasteiger partial charge >= 0.3 is 0 Å². The first-order valence-corrected chi connectivity index (χ1v) is 8.63. The SMILES string of the molecule is CCn1c(C)nnc1CN(C)S(=O)(=O)c1ccc(C)c(C)c1. The second-order valence-electron chi connectivity index (χ2n) is 5.41. The summed E-state index contributed by atoms with van der Waals surface area (Å²) in [7, 11) is -1.98. The maximum Gasteiger partial charge on any atom is 0.243 e. The van der Waals surface area contributed by atoms with E-state index in [1.165, 1.54) is 4.31 Å². The molecule has 0 N–H and O–H groups in total. The number of hydrogen-bond acceptors (Lipinski definition) is 4. The Bertz CT molecular complexity index is 781. The Kier molecular flexibility index (Phi) is 4.67. The third-order valence-electron chi connectivity index (χ3n) is 3.88. The highest BCUT2D eigenvalue weighted by Gasteiger charge is 2.23. The first kappa shape index (κ1) is 16.6. The van der Waals surface area contributed by atoms with Crippen LogP contribution in [-0.2, 0) is 23.1 Å². The largest absolute Gasteiger partial charge is 0.314 e. The molecule has 0 saturated carbocycles. The summed E-state index contributed by atoms with van der Waals surface area (Å²) >= 11 is 0. The van der Waals surface area contributed by atoms with Crippen molar-refractivity contribution in [3.8, 4) is 0 Å². The number of aromatic nitrogens is 3. The highest BCUT2D eigenvalue weighted by Crippen LogP contribution is 2.19. The maximum atomic E-state index is 12.7. The van der Waals surface area contributed by atoms with Gasteiger partial charge in [-0.2, -0.15) is 4.31 Å². The molecule has 0 aliphatic carbocycles. The van der Waals surface area contributed by atoms with Crippen LogP contribution < -0.4 is 0 Å². The summed E-state index contributed by atoms with van der Waals surface area (Å²) in [6.07, 6.45) is 0. The molecule has 22 heavy (non-hydrogen) atoms. The molecule has 0 fully saturated rings. The van der Waals surface area contributed by atoms with Crippen LogP contribution in [0.25, 0.3) is 0 Å². The predicted molar refractivity (Wildman–Crippen MR) is 85.0 cm³/mol. The van der Waals surface area contributed by atoms with Crippen LogP contribution in [-0.4, -0.2) is 34.5 Å². The predicted octanol–water partition coefficient (Wildman–Crippen LogP) is 2.04. The lowest BCUT2D eigenvalue weighted by Gasteiger charge is -2.18. The van der Waals surface area contributed by atoms with E-state index in [1.54, 1.807) is 19.2 Å². The van der Waals surface area contributed by atoms with Gasteiger partial charge in [-0.1, -0.05) is 6.07 Å². The van der Waals surface area contributed by atoms with E-state index in [0.29, 0.717) is 17.3 Å². The average molecular weight is 322 g/mol. The summed E-state index contributed by atoms with van der Waals surface area (Å²) in [5.41, 5.74) is 2.03. The molecule has 2 rings (SSSR count). The van der Waals surface area contributed by atoms with Gasteiger partial charge in [-0.05, 0) is 51.0 Å². The van der Waals surface area contributed by atoms with Crippen molar-refractivity contribution in [2.24, 2.45) is 0 Å².